The second kappa shape index (κ2) is 7.23. The molecule has 1 aliphatic rings. The van der Waals surface area contributed by atoms with Gasteiger partial charge < -0.3 is 10.1 Å². The zero-order chi connectivity index (χ0) is 14.5. The van der Waals surface area contributed by atoms with Crippen molar-refractivity contribution in [2.75, 3.05) is 19.9 Å². The van der Waals surface area contributed by atoms with E-state index in [0.29, 0.717) is 0 Å². The summed E-state index contributed by atoms with van der Waals surface area (Å²) in [5.41, 5.74) is 2.61. The fourth-order valence-corrected chi connectivity index (χ4v) is 4.80. The van der Waals surface area contributed by atoms with Gasteiger partial charge in [-0.15, -0.1) is 0 Å². The maximum atomic E-state index is 12.5. The van der Waals surface area contributed by atoms with Gasteiger partial charge in [0.05, 0.1) is 12.4 Å². The summed E-state index contributed by atoms with van der Waals surface area (Å²) in [6.07, 6.45) is 4.14. The molecule has 3 atom stereocenters. The van der Waals surface area contributed by atoms with Crippen LogP contribution >= 0.6 is 0 Å². The van der Waals surface area contributed by atoms with Gasteiger partial charge in [0.25, 0.3) is 0 Å². The van der Waals surface area contributed by atoms with Crippen LogP contribution in [0.4, 0.5) is 0 Å². The van der Waals surface area contributed by atoms with Gasteiger partial charge in [-0.2, -0.15) is 0 Å². The summed E-state index contributed by atoms with van der Waals surface area (Å²) in [5, 5.41) is 3.60. The Bertz CT molecular complexity index is 476. The van der Waals surface area contributed by atoms with Gasteiger partial charge in [-0.25, -0.2) is 0 Å². The first-order valence-corrected chi connectivity index (χ1v) is 8.80. The molecular weight excluding hydrogens is 270 g/mol. The summed E-state index contributed by atoms with van der Waals surface area (Å²) >= 11 is 0. The van der Waals surface area contributed by atoms with Crippen molar-refractivity contribution < 1.29 is 8.95 Å². The summed E-state index contributed by atoms with van der Waals surface area (Å²) in [4.78, 5) is 0. The summed E-state index contributed by atoms with van der Waals surface area (Å²) in [6, 6.07) is 6.44. The van der Waals surface area contributed by atoms with Crippen LogP contribution in [0.3, 0.4) is 0 Å². The van der Waals surface area contributed by atoms with E-state index in [1.165, 1.54) is 11.1 Å². The fraction of sp³-hybridized carbons (Fsp3) is 0.625. The van der Waals surface area contributed by atoms with Crippen LogP contribution in [0.2, 0.25) is 0 Å². The number of benzene rings is 1. The van der Waals surface area contributed by atoms with Gasteiger partial charge in [0, 0.05) is 22.6 Å². The smallest absolute Gasteiger partial charge is 0.119 e. The predicted molar refractivity (Wildman–Crippen MR) is 84.8 cm³/mol. The van der Waals surface area contributed by atoms with Crippen LogP contribution in [-0.4, -0.2) is 29.4 Å². The standard InChI is InChI=1S/C16H25NO2S/c1-4-5-10-20(18)15-9-6-12-11-13(19-3)7-8-14(12)16(15)17-2/h7-8,11,15-17H,4-6,9-10H2,1-3H3. The van der Waals surface area contributed by atoms with Crippen LogP contribution in [0.25, 0.3) is 0 Å². The number of methoxy groups -OCH3 is 1. The van der Waals surface area contributed by atoms with E-state index < -0.39 is 10.8 Å². The van der Waals surface area contributed by atoms with E-state index in [1.807, 2.05) is 13.1 Å². The van der Waals surface area contributed by atoms with Crippen molar-refractivity contribution in [1.29, 1.82) is 0 Å². The lowest BCUT2D eigenvalue weighted by molar-refractivity contribution is 0.412. The second-order valence-electron chi connectivity index (χ2n) is 5.35. The third kappa shape index (κ3) is 3.23. The molecule has 2 rings (SSSR count). The first-order chi connectivity index (χ1) is 9.71. The molecule has 0 fully saturated rings. The molecule has 112 valence electrons. The van der Waals surface area contributed by atoms with Crippen LogP contribution in [0.5, 0.6) is 5.75 Å². The van der Waals surface area contributed by atoms with Gasteiger partial charge in [0.15, 0.2) is 0 Å². The van der Waals surface area contributed by atoms with Gasteiger partial charge in [-0.1, -0.05) is 19.4 Å². The largest absolute Gasteiger partial charge is 0.497 e. The summed E-state index contributed by atoms with van der Waals surface area (Å²) in [5.74, 6) is 1.73. The molecule has 0 spiro atoms. The molecule has 0 saturated carbocycles. The molecule has 0 aromatic heterocycles. The predicted octanol–water partition coefficient (Wildman–Crippen LogP) is 2.82. The van der Waals surface area contributed by atoms with Gasteiger partial charge in [0.2, 0.25) is 0 Å². The molecule has 20 heavy (non-hydrogen) atoms. The van der Waals surface area contributed by atoms with E-state index in [-0.39, 0.29) is 11.3 Å². The zero-order valence-corrected chi connectivity index (χ0v) is 13.5. The first kappa shape index (κ1) is 15.5. The molecule has 1 N–H and O–H groups in total. The lowest BCUT2D eigenvalue weighted by Crippen LogP contribution is -2.37. The number of unbranched alkanes of at least 4 members (excludes halogenated alkanes) is 1. The van der Waals surface area contributed by atoms with Gasteiger partial charge >= 0.3 is 0 Å². The quantitative estimate of drug-likeness (QED) is 0.877. The first-order valence-electron chi connectivity index (χ1n) is 7.42. The third-order valence-electron chi connectivity index (χ3n) is 4.10. The highest BCUT2D eigenvalue weighted by atomic mass is 32.2. The molecule has 1 aromatic rings. The minimum atomic E-state index is -0.744. The number of rotatable bonds is 6. The average molecular weight is 295 g/mol. The molecule has 0 bridgehead atoms. The van der Waals surface area contributed by atoms with E-state index in [4.69, 9.17) is 4.74 Å². The van der Waals surface area contributed by atoms with Crippen molar-refractivity contribution in [3.05, 3.63) is 29.3 Å². The Morgan fingerprint density at radius 3 is 2.90 bits per heavy atom. The molecule has 1 aromatic carbocycles. The monoisotopic (exact) mass is 295 g/mol. The molecule has 0 amide bonds. The molecule has 0 radical (unpaired) electrons. The summed E-state index contributed by atoms with van der Waals surface area (Å²) in [7, 11) is 2.92. The third-order valence-corrected chi connectivity index (χ3v) is 5.98. The SMILES string of the molecule is CCCCS(=O)C1CCc2cc(OC)ccc2C1NC. The Morgan fingerprint density at radius 2 is 2.25 bits per heavy atom. The van der Waals surface area contributed by atoms with E-state index in [0.717, 1.165) is 37.2 Å². The molecule has 1 aliphatic carbocycles. The van der Waals surface area contributed by atoms with Crippen LogP contribution < -0.4 is 10.1 Å². The zero-order valence-electron chi connectivity index (χ0n) is 12.6. The lowest BCUT2D eigenvalue weighted by Gasteiger charge is -2.33. The number of aryl methyl sites for hydroxylation is 1. The normalized spacial score (nSPS) is 23.1. The Hall–Kier alpha value is -0.870. The highest BCUT2D eigenvalue weighted by molar-refractivity contribution is 7.85. The molecule has 3 nitrogen and oxygen atoms in total. The highest BCUT2D eigenvalue weighted by Crippen LogP contribution is 2.35. The van der Waals surface area contributed by atoms with Crippen LogP contribution in [0.1, 0.15) is 43.4 Å². The number of hydrogen-bond acceptors (Lipinski definition) is 3. The minimum absolute atomic E-state index is 0.197. The van der Waals surface area contributed by atoms with Gasteiger partial charge in [0.1, 0.15) is 5.75 Å². The topological polar surface area (TPSA) is 38.3 Å². The summed E-state index contributed by atoms with van der Waals surface area (Å²) < 4.78 is 17.8. The molecule has 0 heterocycles. The van der Waals surface area contributed by atoms with Gasteiger partial charge in [-0.05, 0) is 49.6 Å². The Balaban J connectivity index is 2.21. The molecule has 3 unspecified atom stereocenters. The Morgan fingerprint density at radius 1 is 1.45 bits per heavy atom. The molecule has 0 saturated heterocycles. The van der Waals surface area contributed by atoms with Gasteiger partial charge in [-0.3, -0.25) is 4.21 Å². The number of nitrogens with one attached hydrogen (secondary N) is 1. The maximum Gasteiger partial charge on any atom is 0.119 e. The molecule has 0 aliphatic heterocycles. The average Bonchev–Trinajstić information content (AvgIpc) is 2.50. The Kier molecular flexibility index (Phi) is 5.61. The highest BCUT2D eigenvalue weighted by Gasteiger charge is 2.32. The van der Waals surface area contributed by atoms with E-state index in [9.17, 15) is 4.21 Å². The van der Waals surface area contributed by atoms with Crippen molar-refractivity contribution in [2.24, 2.45) is 0 Å². The van der Waals surface area contributed by atoms with Crippen molar-refractivity contribution in [3.8, 4) is 5.75 Å². The van der Waals surface area contributed by atoms with Crippen LogP contribution in [0.15, 0.2) is 18.2 Å². The van der Waals surface area contributed by atoms with E-state index in [1.54, 1.807) is 7.11 Å². The Labute approximate surface area is 124 Å². The van der Waals surface area contributed by atoms with Crippen molar-refractivity contribution >= 4 is 10.8 Å². The van der Waals surface area contributed by atoms with Crippen molar-refractivity contribution in [3.63, 3.8) is 0 Å². The van der Waals surface area contributed by atoms with E-state index in [2.05, 4.69) is 24.4 Å². The molecule has 4 heteroatoms. The van der Waals surface area contributed by atoms with E-state index >= 15 is 0 Å². The fourth-order valence-electron chi connectivity index (χ4n) is 2.96. The summed E-state index contributed by atoms with van der Waals surface area (Å²) in [6.45, 7) is 2.15. The van der Waals surface area contributed by atoms with Crippen molar-refractivity contribution in [1.82, 2.24) is 5.32 Å². The van der Waals surface area contributed by atoms with Crippen LogP contribution in [-0.2, 0) is 17.2 Å². The minimum Gasteiger partial charge on any atom is -0.497 e. The number of fused-ring (bicyclic) bond motifs is 1. The second-order valence-corrected chi connectivity index (χ2v) is 7.12. The maximum absolute atomic E-state index is 12.5. The number of hydrogen-bond donors (Lipinski definition) is 1. The molecular formula is C16H25NO2S. The van der Waals surface area contributed by atoms with Crippen molar-refractivity contribution in [2.45, 2.75) is 43.9 Å². The lowest BCUT2D eigenvalue weighted by atomic mass is 9.87. The van der Waals surface area contributed by atoms with Crippen LogP contribution in [0, 0.1) is 0 Å². The number of ether oxygens (including phenoxy) is 1.